The first-order valence-corrected chi connectivity index (χ1v) is 10.4. The summed E-state index contributed by atoms with van der Waals surface area (Å²) in [6.45, 7) is 10.4. The smallest absolute Gasteiger partial charge is 0.410 e. The summed E-state index contributed by atoms with van der Waals surface area (Å²) < 4.78 is 10.9. The Balaban J connectivity index is 1.38. The van der Waals surface area contributed by atoms with Crippen molar-refractivity contribution in [2.45, 2.75) is 51.8 Å². The number of carbonyl (C=O) groups excluding carboxylic acids is 2. The average Bonchev–Trinajstić information content (AvgIpc) is 3.03. The first-order valence-electron chi connectivity index (χ1n) is 10.4. The molecule has 2 fully saturated rings. The summed E-state index contributed by atoms with van der Waals surface area (Å²) in [6, 6.07) is 4.16. The molecule has 0 spiro atoms. The van der Waals surface area contributed by atoms with Gasteiger partial charge < -0.3 is 24.2 Å². The topological polar surface area (TPSA) is 75.2 Å². The van der Waals surface area contributed by atoms with Crippen molar-refractivity contribution in [1.82, 2.24) is 14.8 Å². The maximum atomic E-state index is 13.0. The summed E-state index contributed by atoms with van der Waals surface area (Å²) in [5.41, 5.74) is 1.06. The summed E-state index contributed by atoms with van der Waals surface area (Å²) in [5, 5.41) is 0. The van der Waals surface area contributed by atoms with Crippen molar-refractivity contribution in [1.29, 1.82) is 0 Å². The van der Waals surface area contributed by atoms with Crippen LogP contribution in [0, 0.1) is 0 Å². The highest BCUT2D eigenvalue weighted by Gasteiger charge is 2.37. The van der Waals surface area contributed by atoms with E-state index in [-0.39, 0.29) is 18.0 Å². The summed E-state index contributed by atoms with van der Waals surface area (Å²) in [5.74, 6) is 0.854. The Labute approximate surface area is 171 Å². The van der Waals surface area contributed by atoms with Gasteiger partial charge in [0.05, 0.1) is 13.2 Å². The molecule has 0 radical (unpaired) electrons. The van der Waals surface area contributed by atoms with Crippen LogP contribution in [0.15, 0.2) is 12.1 Å². The Bertz CT molecular complexity index is 777. The van der Waals surface area contributed by atoms with Crippen molar-refractivity contribution >= 4 is 17.8 Å². The number of amides is 2. The standard InChI is InChI=1S/C21H30N4O4/c1-21(2,3)29-20(27)24-8-6-16(7-9-24)25-14-15-4-5-17(22-18(15)19(25)26)23-10-12-28-13-11-23/h4-5,16H,6-14H2,1-3H3. The molecule has 4 heterocycles. The minimum absolute atomic E-state index is 0.00540. The molecule has 158 valence electrons. The second-order valence-corrected chi connectivity index (χ2v) is 8.91. The number of hydrogen-bond acceptors (Lipinski definition) is 6. The average molecular weight is 402 g/mol. The zero-order chi connectivity index (χ0) is 20.6. The predicted octanol–water partition coefficient (Wildman–Crippen LogP) is 2.27. The highest BCUT2D eigenvalue weighted by atomic mass is 16.6. The Hall–Kier alpha value is -2.35. The number of nitrogens with zero attached hydrogens (tertiary/aromatic N) is 4. The third-order valence-corrected chi connectivity index (χ3v) is 5.66. The van der Waals surface area contributed by atoms with Crippen LogP contribution in [0.5, 0.6) is 0 Å². The van der Waals surface area contributed by atoms with Crippen LogP contribution in [-0.2, 0) is 16.0 Å². The Morgan fingerprint density at radius 1 is 1.14 bits per heavy atom. The fourth-order valence-corrected chi connectivity index (χ4v) is 4.13. The first-order chi connectivity index (χ1) is 13.8. The minimum Gasteiger partial charge on any atom is -0.444 e. The number of fused-ring (bicyclic) bond motifs is 1. The van der Waals surface area contributed by atoms with Crippen LogP contribution in [-0.4, -0.2) is 77.8 Å². The van der Waals surface area contributed by atoms with Gasteiger partial charge in [-0.3, -0.25) is 4.79 Å². The summed E-state index contributed by atoms with van der Waals surface area (Å²) in [7, 11) is 0. The molecule has 0 unspecified atom stereocenters. The lowest BCUT2D eigenvalue weighted by Gasteiger charge is -2.37. The molecule has 0 N–H and O–H groups in total. The maximum Gasteiger partial charge on any atom is 0.410 e. The van der Waals surface area contributed by atoms with E-state index in [0.717, 1.165) is 37.3 Å². The van der Waals surface area contributed by atoms with Crippen molar-refractivity contribution in [3.63, 3.8) is 0 Å². The molecule has 8 nitrogen and oxygen atoms in total. The highest BCUT2D eigenvalue weighted by molar-refractivity contribution is 5.97. The second-order valence-electron chi connectivity index (χ2n) is 8.91. The van der Waals surface area contributed by atoms with Crippen LogP contribution in [0.1, 0.15) is 49.7 Å². The van der Waals surface area contributed by atoms with Crippen LogP contribution in [0.4, 0.5) is 10.6 Å². The van der Waals surface area contributed by atoms with Crippen molar-refractivity contribution < 1.29 is 19.1 Å². The van der Waals surface area contributed by atoms with Crippen LogP contribution >= 0.6 is 0 Å². The number of carbonyl (C=O) groups is 2. The van der Waals surface area contributed by atoms with Crippen LogP contribution in [0.3, 0.4) is 0 Å². The molecule has 0 bridgehead atoms. The summed E-state index contributed by atoms with van der Waals surface area (Å²) in [4.78, 5) is 35.8. The van der Waals surface area contributed by atoms with Gasteiger partial charge >= 0.3 is 6.09 Å². The molecule has 2 saturated heterocycles. The van der Waals surface area contributed by atoms with Gasteiger partial charge in [0.1, 0.15) is 17.1 Å². The normalized spacial score (nSPS) is 20.8. The van der Waals surface area contributed by atoms with Crippen molar-refractivity contribution in [3.05, 3.63) is 23.4 Å². The first kappa shape index (κ1) is 19.9. The third-order valence-electron chi connectivity index (χ3n) is 5.66. The largest absolute Gasteiger partial charge is 0.444 e. The van der Waals surface area contributed by atoms with Crippen molar-refractivity contribution in [2.75, 3.05) is 44.3 Å². The Morgan fingerprint density at radius 3 is 2.48 bits per heavy atom. The lowest BCUT2D eigenvalue weighted by atomic mass is 10.0. The Kier molecular flexibility index (Phi) is 5.38. The van der Waals surface area contributed by atoms with Gasteiger partial charge in [0.2, 0.25) is 0 Å². The predicted molar refractivity (Wildman–Crippen MR) is 108 cm³/mol. The Morgan fingerprint density at radius 2 is 1.83 bits per heavy atom. The maximum absolute atomic E-state index is 13.0. The van der Waals surface area contributed by atoms with E-state index >= 15 is 0 Å². The summed E-state index contributed by atoms with van der Waals surface area (Å²) >= 11 is 0. The van der Waals surface area contributed by atoms with E-state index in [9.17, 15) is 9.59 Å². The fourth-order valence-electron chi connectivity index (χ4n) is 4.13. The van der Waals surface area contributed by atoms with Gasteiger partial charge in [0.25, 0.3) is 5.91 Å². The molecular weight excluding hydrogens is 372 g/mol. The molecular formula is C21H30N4O4. The minimum atomic E-state index is -0.496. The van der Waals surface area contributed by atoms with Gasteiger partial charge in [0, 0.05) is 44.3 Å². The van der Waals surface area contributed by atoms with E-state index < -0.39 is 5.60 Å². The number of ether oxygens (including phenoxy) is 2. The molecule has 1 aromatic rings. The van der Waals surface area contributed by atoms with Crippen molar-refractivity contribution in [2.24, 2.45) is 0 Å². The molecule has 3 aliphatic rings. The van der Waals surface area contributed by atoms with Crippen LogP contribution in [0.25, 0.3) is 0 Å². The molecule has 3 aliphatic heterocycles. The highest BCUT2D eigenvalue weighted by Crippen LogP contribution is 2.29. The SMILES string of the molecule is CC(C)(C)OC(=O)N1CCC(N2Cc3ccc(N4CCOCC4)nc3C2=O)CC1. The number of pyridine rings is 1. The van der Waals surface area contributed by atoms with Gasteiger partial charge in [0.15, 0.2) is 0 Å². The number of rotatable bonds is 2. The molecule has 29 heavy (non-hydrogen) atoms. The number of likely N-dealkylation sites (tertiary alicyclic amines) is 1. The van der Waals surface area contributed by atoms with Gasteiger partial charge in [-0.1, -0.05) is 6.07 Å². The van der Waals surface area contributed by atoms with E-state index in [0.29, 0.717) is 38.5 Å². The van der Waals surface area contributed by atoms with Gasteiger partial charge in [-0.25, -0.2) is 9.78 Å². The van der Waals surface area contributed by atoms with Crippen LogP contribution in [0.2, 0.25) is 0 Å². The number of morpholine rings is 1. The molecule has 8 heteroatoms. The molecule has 1 aromatic heterocycles. The zero-order valence-electron chi connectivity index (χ0n) is 17.5. The molecule has 4 rings (SSSR count). The number of hydrogen-bond donors (Lipinski definition) is 0. The van der Waals surface area contributed by atoms with E-state index in [1.165, 1.54) is 0 Å². The molecule has 0 aromatic carbocycles. The lowest BCUT2D eigenvalue weighted by molar-refractivity contribution is 0.0148. The van der Waals surface area contributed by atoms with E-state index in [2.05, 4.69) is 9.88 Å². The fraction of sp³-hybridized carbons (Fsp3) is 0.667. The molecule has 2 amide bonds. The van der Waals surface area contributed by atoms with Gasteiger partial charge in [-0.15, -0.1) is 0 Å². The van der Waals surface area contributed by atoms with Crippen molar-refractivity contribution in [3.8, 4) is 0 Å². The number of anilines is 1. The quantitative estimate of drug-likeness (QED) is 0.756. The second kappa shape index (κ2) is 7.82. The lowest BCUT2D eigenvalue weighted by Crippen LogP contribution is -2.48. The van der Waals surface area contributed by atoms with E-state index in [1.54, 1.807) is 4.90 Å². The molecule has 0 aliphatic carbocycles. The van der Waals surface area contributed by atoms with Crippen LogP contribution < -0.4 is 4.90 Å². The van der Waals surface area contributed by atoms with E-state index in [4.69, 9.17) is 9.47 Å². The molecule has 0 atom stereocenters. The summed E-state index contributed by atoms with van der Waals surface area (Å²) in [6.07, 6.45) is 1.24. The monoisotopic (exact) mass is 402 g/mol. The third kappa shape index (κ3) is 4.32. The molecule has 0 saturated carbocycles. The number of aromatic nitrogens is 1. The van der Waals surface area contributed by atoms with E-state index in [1.807, 2.05) is 37.8 Å². The number of piperidine rings is 1. The van der Waals surface area contributed by atoms with Gasteiger partial charge in [-0.2, -0.15) is 0 Å². The zero-order valence-corrected chi connectivity index (χ0v) is 17.5. The van der Waals surface area contributed by atoms with Gasteiger partial charge in [-0.05, 0) is 39.7 Å².